The standard InChI is InChI=1S/C23H26N4O3/c1-3-18-8-9-19(15-25)27(18)22(28)16-26-23(11-5-4-6-12-23)30-20-10-7-17(14-24)13-21(20)29-2/h1,7,10,13,18-19,26H,4-6,8-9,11-12,16H2,2H3. The molecule has 1 aromatic rings. The van der Waals surface area contributed by atoms with Crippen molar-refractivity contribution < 1.29 is 14.3 Å². The Morgan fingerprint density at radius 1 is 1.23 bits per heavy atom. The molecule has 1 amide bonds. The van der Waals surface area contributed by atoms with Crippen LogP contribution < -0.4 is 14.8 Å². The molecule has 1 N–H and O–H groups in total. The van der Waals surface area contributed by atoms with Crippen molar-refractivity contribution in [2.75, 3.05) is 13.7 Å². The largest absolute Gasteiger partial charge is 0.493 e. The van der Waals surface area contributed by atoms with Crippen LogP contribution in [0.5, 0.6) is 11.5 Å². The van der Waals surface area contributed by atoms with Crippen LogP contribution in [-0.2, 0) is 4.79 Å². The van der Waals surface area contributed by atoms with Gasteiger partial charge in [0.15, 0.2) is 17.2 Å². The maximum atomic E-state index is 12.9. The van der Waals surface area contributed by atoms with Crippen molar-refractivity contribution in [2.24, 2.45) is 0 Å². The van der Waals surface area contributed by atoms with Crippen LogP contribution in [-0.4, -0.2) is 42.3 Å². The molecule has 0 spiro atoms. The van der Waals surface area contributed by atoms with E-state index >= 15 is 0 Å². The highest BCUT2D eigenvalue weighted by atomic mass is 16.5. The van der Waals surface area contributed by atoms with Gasteiger partial charge < -0.3 is 14.4 Å². The van der Waals surface area contributed by atoms with Crippen LogP contribution in [0.25, 0.3) is 0 Å². The summed E-state index contributed by atoms with van der Waals surface area (Å²) in [6, 6.07) is 8.48. The summed E-state index contributed by atoms with van der Waals surface area (Å²) in [5, 5.41) is 21.8. The summed E-state index contributed by atoms with van der Waals surface area (Å²) in [5.74, 6) is 3.43. The molecule has 2 fully saturated rings. The SMILES string of the molecule is C#CC1CCC(C#N)N1C(=O)CNC1(Oc2ccc(C#N)cc2OC)CCCCC1. The van der Waals surface area contributed by atoms with Gasteiger partial charge in [0.25, 0.3) is 0 Å². The number of nitrogens with zero attached hydrogens (tertiary/aromatic N) is 3. The monoisotopic (exact) mass is 406 g/mol. The van der Waals surface area contributed by atoms with E-state index in [9.17, 15) is 10.1 Å². The number of hydrogen-bond donors (Lipinski definition) is 1. The summed E-state index contributed by atoms with van der Waals surface area (Å²) in [6.45, 7) is 0.0367. The van der Waals surface area contributed by atoms with Crippen LogP contribution in [0, 0.1) is 35.0 Å². The molecule has 30 heavy (non-hydrogen) atoms. The second-order valence-electron chi connectivity index (χ2n) is 7.69. The first-order chi connectivity index (χ1) is 14.6. The predicted molar refractivity (Wildman–Crippen MR) is 110 cm³/mol. The number of nitriles is 2. The third-order valence-corrected chi connectivity index (χ3v) is 5.84. The van der Waals surface area contributed by atoms with E-state index in [1.54, 1.807) is 18.2 Å². The van der Waals surface area contributed by atoms with Crippen LogP contribution in [0.3, 0.4) is 0 Å². The van der Waals surface area contributed by atoms with E-state index < -0.39 is 11.8 Å². The van der Waals surface area contributed by atoms with Crippen LogP contribution in [0.4, 0.5) is 0 Å². The highest BCUT2D eigenvalue weighted by molar-refractivity contribution is 5.80. The number of benzene rings is 1. The minimum atomic E-state index is -0.719. The van der Waals surface area contributed by atoms with Gasteiger partial charge in [-0.05, 0) is 37.8 Å². The molecule has 2 atom stereocenters. The fraction of sp³-hybridized carbons (Fsp3) is 0.522. The average Bonchev–Trinajstić information content (AvgIpc) is 3.22. The Kier molecular flexibility index (Phi) is 6.83. The first-order valence-corrected chi connectivity index (χ1v) is 10.2. The van der Waals surface area contributed by atoms with E-state index in [4.69, 9.17) is 21.2 Å². The summed E-state index contributed by atoms with van der Waals surface area (Å²) in [4.78, 5) is 14.4. The number of hydrogen-bond acceptors (Lipinski definition) is 6. The van der Waals surface area contributed by atoms with Crippen molar-refractivity contribution in [3.05, 3.63) is 23.8 Å². The van der Waals surface area contributed by atoms with Crippen LogP contribution >= 0.6 is 0 Å². The number of carbonyl (C=O) groups is 1. The summed E-state index contributed by atoms with van der Waals surface area (Å²) in [6.07, 6.45) is 11.3. The fourth-order valence-corrected chi connectivity index (χ4v) is 4.25. The lowest BCUT2D eigenvalue weighted by Crippen LogP contribution is -2.56. The second kappa shape index (κ2) is 9.53. The molecule has 0 aromatic heterocycles. The van der Waals surface area contributed by atoms with Crippen LogP contribution in [0.15, 0.2) is 18.2 Å². The summed E-state index contributed by atoms with van der Waals surface area (Å²) in [7, 11) is 1.53. The van der Waals surface area contributed by atoms with Crippen molar-refractivity contribution in [1.82, 2.24) is 10.2 Å². The molecule has 1 aliphatic carbocycles. The molecule has 156 valence electrons. The van der Waals surface area contributed by atoms with Gasteiger partial charge in [0.2, 0.25) is 5.91 Å². The molecule has 0 bridgehead atoms. The summed E-state index contributed by atoms with van der Waals surface area (Å²) in [5.41, 5.74) is -0.236. The van der Waals surface area contributed by atoms with Gasteiger partial charge in [0.05, 0.1) is 37.4 Å². The Morgan fingerprint density at radius 3 is 2.60 bits per heavy atom. The topological polar surface area (TPSA) is 98.4 Å². The van der Waals surface area contributed by atoms with Crippen molar-refractivity contribution in [2.45, 2.75) is 62.8 Å². The zero-order valence-electron chi connectivity index (χ0n) is 17.2. The van der Waals surface area contributed by atoms with Crippen molar-refractivity contribution in [1.29, 1.82) is 10.5 Å². The zero-order valence-corrected chi connectivity index (χ0v) is 17.2. The molecule has 1 aromatic carbocycles. The number of methoxy groups -OCH3 is 1. The minimum Gasteiger partial charge on any atom is -0.493 e. The van der Waals surface area contributed by atoms with Gasteiger partial charge in [-0.1, -0.05) is 12.3 Å². The molecule has 1 heterocycles. The third kappa shape index (κ3) is 4.51. The van der Waals surface area contributed by atoms with E-state index in [0.717, 1.165) is 32.1 Å². The third-order valence-electron chi connectivity index (χ3n) is 5.84. The molecule has 1 aliphatic heterocycles. The molecule has 3 rings (SSSR count). The number of nitrogens with one attached hydrogen (secondary N) is 1. The Balaban J connectivity index is 1.77. The van der Waals surface area contributed by atoms with Gasteiger partial charge in [-0.15, -0.1) is 6.42 Å². The lowest BCUT2D eigenvalue weighted by Gasteiger charge is -2.39. The Hall–Kier alpha value is -3.21. The second-order valence-corrected chi connectivity index (χ2v) is 7.69. The number of likely N-dealkylation sites (tertiary alicyclic amines) is 1. The summed E-state index contributed by atoms with van der Waals surface area (Å²) < 4.78 is 11.8. The molecule has 7 nitrogen and oxygen atoms in total. The lowest BCUT2D eigenvalue weighted by atomic mass is 9.91. The van der Waals surface area contributed by atoms with Gasteiger partial charge >= 0.3 is 0 Å². The molecule has 1 saturated heterocycles. The highest BCUT2D eigenvalue weighted by Gasteiger charge is 2.39. The number of carbonyl (C=O) groups excluding carboxylic acids is 1. The van der Waals surface area contributed by atoms with Gasteiger partial charge in [0, 0.05) is 18.9 Å². The minimum absolute atomic E-state index is 0.0367. The van der Waals surface area contributed by atoms with E-state index in [1.807, 2.05) is 0 Å². The van der Waals surface area contributed by atoms with Crippen molar-refractivity contribution in [3.63, 3.8) is 0 Å². The maximum absolute atomic E-state index is 12.9. The fourth-order valence-electron chi connectivity index (χ4n) is 4.25. The van der Waals surface area contributed by atoms with E-state index in [-0.39, 0.29) is 18.5 Å². The smallest absolute Gasteiger partial charge is 0.238 e. The highest BCUT2D eigenvalue weighted by Crippen LogP contribution is 2.36. The molecule has 0 radical (unpaired) electrons. The predicted octanol–water partition coefficient (Wildman–Crippen LogP) is 2.71. The van der Waals surface area contributed by atoms with E-state index in [0.29, 0.717) is 29.9 Å². The van der Waals surface area contributed by atoms with Gasteiger partial charge in [-0.25, -0.2) is 0 Å². The van der Waals surface area contributed by atoms with E-state index in [1.165, 1.54) is 12.0 Å². The Bertz CT molecular complexity index is 880. The quantitative estimate of drug-likeness (QED) is 0.576. The molecule has 1 saturated carbocycles. The lowest BCUT2D eigenvalue weighted by molar-refractivity contribution is -0.133. The molecular weight excluding hydrogens is 380 g/mol. The maximum Gasteiger partial charge on any atom is 0.238 e. The average molecular weight is 406 g/mol. The van der Waals surface area contributed by atoms with Gasteiger partial charge in [0.1, 0.15) is 6.04 Å². The first kappa shape index (κ1) is 21.5. The van der Waals surface area contributed by atoms with Crippen LogP contribution in [0.2, 0.25) is 0 Å². The molecule has 2 aliphatic rings. The normalized spacial score (nSPS) is 22.4. The van der Waals surface area contributed by atoms with Crippen molar-refractivity contribution >= 4 is 5.91 Å². The first-order valence-electron chi connectivity index (χ1n) is 10.2. The number of terminal acetylenes is 1. The van der Waals surface area contributed by atoms with Gasteiger partial charge in [-0.2, -0.15) is 10.5 Å². The number of amides is 1. The van der Waals surface area contributed by atoms with Crippen LogP contribution in [0.1, 0.15) is 50.5 Å². The molecular formula is C23H26N4O3. The Labute approximate surface area is 177 Å². The Morgan fingerprint density at radius 2 is 1.97 bits per heavy atom. The summed E-state index contributed by atoms with van der Waals surface area (Å²) >= 11 is 0. The number of rotatable bonds is 6. The molecule has 2 unspecified atom stereocenters. The van der Waals surface area contributed by atoms with Crippen molar-refractivity contribution in [3.8, 4) is 36.0 Å². The number of ether oxygens (including phenoxy) is 2. The molecule has 7 heteroatoms. The zero-order chi connectivity index (χ0) is 21.6. The van der Waals surface area contributed by atoms with E-state index in [2.05, 4.69) is 23.4 Å². The van der Waals surface area contributed by atoms with Gasteiger partial charge in [-0.3, -0.25) is 10.1 Å².